The smallest absolute Gasteiger partial charge is 0.151 e. The van der Waals surface area contributed by atoms with E-state index in [9.17, 15) is 0 Å². The van der Waals surface area contributed by atoms with Crippen molar-refractivity contribution in [3.63, 3.8) is 0 Å². The summed E-state index contributed by atoms with van der Waals surface area (Å²) < 4.78 is 9.42. The molecule has 0 amide bonds. The van der Waals surface area contributed by atoms with Crippen molar-refractivity contribution in [2.24, 2.45) is 0 Å². The van der Waals surface area contributed by atoms with Gasteiger partial charge in [-0.3, -0.25) is 9.58 Å². The van der Waals surface area contributed by atoms with Crippen LogP contribution in [-0.4, -0.2) is 62.1 Å². The highest BCUT2D eigenvalue weighted by molar-refractivity contribution is 5.92. The van der Waals surface area contributed by atoms with Crippen molar-refractivity contribution < 1.29 is 4.74 Å². The molecule has 1 fully saturated rings. The lowest BCUT2D eigenvalue weighted by molar-refractivity contribution is 0.0372. The SMILES string of the molecule is Nc1ncnn2c(CCCCN3CCOCC3)cc(-c3ccc4nn(Cc5ccccc5)cc4c3)c12. The minimum atomic E-state index is 0.499. The van der Waals surface area contributed by atoms with Gasteiger partial charge in [0.15, 0.2) is 5.82 Å². The molecule has 1 saturated heterocycles. The van der Waals surface area contributed by atoms with Crippen molar-refractivity contribution in [2.75, 3.05) is 38.6 Å². The van der Waals surface area contributed by atoms with Gasteiger partial charge in [-0.1, -0.05) is 36.4 Å². The summed E-state index contributed by atoms with van der Waals surface area (Å²) in [4.78, 5) is 6.77. The van der Waals surface area contributed by atoms with Crippen LogP contribution in [0.5, 0.6) is 0 Å². The molecular weight excluding hydrogens is 450 g/mol. The molecule has 4 heterocycles. The molecular formula is C28H31N7O. The van der Waals surface area contributed by atoms with Crippen LogP contribution in [0.15, 0.2) is 67.1 Å². The largest absolute Gasteiger partial charge is 0.382 e. The molecule has 6 rings (SSSR count). The Bertz CT molecular complexity index is 1470. The van der Waals surface area contributed by atoms with Crippen molar-refractivity contribution in [1.29, 1.82) is 0 Å². The Kier molecular flexibility index (Phi) is 6.36. The van der Waals surface area contributed by atoms with Gasteiger partial charge in [0.25, 0.3) is 0 Å². The molecule has 0 unspecified atom stereocenters. The molecule has 5 aromatic rings. The van der Waals surface area contributed by atoms with Crippen LogP contribution in [0.2, 0.25) is 0 Å². The van der Waals surface area contributed by atoms with Gasteiger partial charge in [0.05, 0.1) is 25.3 Å². The van der Waals surface area contributed by atoms with Crippen LogP contribution in [0.1, 0.15) is 24.1 Å². The lowest BCUT2D eigenvalue weighted by Crippen LogP contribution is -2.36. The molecule has 3 aromatic heterocycles. The van der Waals surface area contributed by atoms with Gasteiger partial charge in [0.2, 0.25) is 0 Å². The van der Waals surface area contributed by atoms with Crippen LogP contribution in [-0.2, 0) is 17.7 Å². The lowest BCUT2D eigenvalue weighted by atomic mass is 10.0. The number of nitrogens with two attached hydrogens (primary N) is 1. The molecule has 0 aliphatic carbocycles. The third kappa shape index (κ3) is 4.69. The van der Waals surface area contributed by atoms with E-state index < -0.39 is 0 Å². The fourth-order valence-corrected chi connectivity index (χ4v) is 5.09. The van der Waals surface area contributed by atoms with Gasteiger partial charge in [-0.15, -0.1) is 0 Å². The van der Waals surface area contributed by atoms with E-state index in [0.717, 1.165) is 91.9 Å². The van der Waals surface area contributed by atoms with Gasteiger partial charge in [0.1, 0.15) is 11.8 Å². The molecule has 0 bridgehead atoms. The zero-order chi connectivity index (χ0) is 24.3. The van der Waals surface area contributed by atoms with E-state index >= 15 is 0 Å². The number of aryl methyl sites for hydroxylation is 1. The predicted molar refractivity (Wildman–Crippen MR) is 142 cm³/mol. The van der Waals surface area contributed by atoms with Gasteiger partial charge in [-0.2, -0.15) is 10.2 Å². The third-order valence-corrected chi connectivity index (χ3v) is 6.97. The van der Waals surface area contributed by atoms with Crippen LogP contribution < -0.4 is 5.73 Å². The standard InChI is InChI=1S/C28H31N7O/c29-28-27-25(17-24(35(27)31-20-30-28)8-4-5-11-33-12-14-36-15-13-33)22-9-10-26-23(16-22)19-34(32-26)18-21-6-2-1-3-7-21/h1-3,6-7,9-10,16-17,19-20H,4-5,8,11-15,18H2,(H2,29,30,31). The first-order chi connectivity index (χ1) is 17.7. The van der Waals surface area contributed by atoms with Crippen molar-refractivity contribution >= 4 is 22.2 Å². The molecule has 1 aliphatic rings. The first-order valence-electron chi connectivity index (χ1n) is 12.7. The lowest BCUT2D eigenvalue weighted by Gasteiger charge is -2.26. The summed E-state index contributed by atoms with van der Waals surface area (Å²) in [6.45, 7) is 5.62. The number of morpholine rings is 1. The Hall–Kier alpha value is -3.75. The molecule has 1 aliphatic heterocycles. The van der Waals surface area contributed by atoms with E-state index in [4.69, 9.17) is 15.6 Å². The van der Waals surface area contributed by atoms with E-state index in [-0.39, 0.29) is 0 Å². The summed E-state index contributed by atoms with van der Waals surface area (Å²) in [5.74, 6) is 0.499. The Morgan fingerprint density at radius 2 is 1.83 bits per heavy atom. The van der Waals surface area contributed by atoms with Gasteiger partial charge in [-0.25, -0.2) is 9.50 Å². The van der Waals surface area contributed by atoms with E-state index in [0.29, 0.717) is 5.82 Å². The first-order valence-corrected chi connectivity index (χ1v) is 12.7. The number of aromatic nitrogens is 5. The van der Waals surface area contributed by atoms with Crippen molar-refractivity contribution in [3.8, 4) is 11.1 Å². The number of ether oxygens (including phenoxy) is 1. The average Bonchev–Trinajstić information content (AvgIpc) is 3.49. The average molecular weight is 482 g/mol. The second kappa shape index (κ2) is 10.1. The molecule has 0 spiro atoms. The molecule has 184 valence electrons. The quantitative estimate of drug-likeness (QED) is 0.337. The molecule has 0 radical (unpaired) electrons. The highest BCUT2D eigenvalue weighted by Crippen LogP contribution is 2.32. The number of nitrogens with zero attached hydrogens (tertiary/aromatic N) is 6. The normalized spacial score (nSPS) is 14.7. The molecule has 36 heavy (non-hydrogen) atoms. The van der Waals surface area contributed by atoms with E-state index in [1.54, 1.807) is 6.33 Å². The van der Waals surface area contributed by atoms with Crippen molar-refractivity contribution in [3.05, 3.63) is 78.4 Å². The van der Waals surface area contributed by atoms with E-state index in [1.165, 1.54) is 5.56 Å². The monoisotopic (exact) mass is 481 g/mol. The highest BCUT2D eigenvalue weighted by Gasteiger charge is 2.16. The van der Waals surface area contributed by atoms with E-state index in [2.05, 4.69) is 69.7 Å². The predicted octanol–water partition coefficient (Wildman–Crippen LogP) is 4.03. The third-order valence-electron chi connectivity index (χ3n) is 6.97. The maximum Gasteiger partial charge on any atom is 0.151 e. The molecule has 8 heteroatoms. The Balaban J connectivity index is 1.25. The number of rotatable bonds is 8. The zero-order valence-corrected chi connectivity index (χ0v) is 20.4. The number of unbranched alkanes of at least 4 members (excludes halogenated alkanes) is 1. The zero-order valence-electron chi connectivity index (χ0n) is 20.4. The summed E-state index contributed by atoms with van der Waals surface area (Å²) in [5, 5.41) is 10.4. The second-order valence-electron chi connectivity index (χ2n) is 9.45. The van der Waals surface area contributed by atoms with Crippen molar-refractivity contribution in [2.45, 2.75) is 25.8 Å². The first kappa shape index (κ1) is 22.7. The number of fused-ring (bicyclic) bond motifs is 2. The molecule has 0 saturated carbocycles. The molecule has 2 aromatic carbocycles. The fraction of sp³-hybridized carbons (Fsp3) is 0.321. The van der Waals surface area contributed by atoms with Crippen LogP contribution in [0.3, 0.4) is 0 Å². The minimum Gasteiger partial charge on any atom is -0.382 e. The van der Waals surface area contributed by atoms with Crippen LogP contribution in [0, 0.1) is 0 Å². The number of anilines is 1. The topological polar surface area (TPSA) is 86.5 Å². The van der Waals surface area contributed by atoms with E-state index in [1.807, 2.05) is 15.3 Å². The van der Waals surface area contributed by atoms with Gasteiger partial charge in [0, 0.05) is 35.9 Å². The van der Waals surface area contributed by atoms with Gasteiger partial charge >= 0.3 is 0 Å². The molecule has 8 nitrogen and oxygen atoms in total. The summed E-state index contributed by atoms with van der Waals surface area (Å²) >= 11 is 0. The summed E-state index contributed by atoms with van der Waals surface area (Å²) in [7, 11) is 0. The number of benzene rings is 2. The summed E-state index contributed by atoms with van der Waals surface area (Å²) in [5.41, 5.74) is 12.8. The number of hydrogen-bond donors (Lipinski definition) is 1. The number of nitrogen functional groups attached to an aromatic ring is 1. The maximum absolute atomic E-state index is 6.36. The molecule has 0 atom stereocenters. The highest BCUT2D eigenvalue weighted by atomic mass is 16.5. The Labute approximate surface area is 210 Å². The van der Waals surface area contributed by atoms with Crippen LogP contribution in [0.4, 0.5) is 5.82 Å². The maximum atomic E-state index is 6.36. The Morgan fingerprint density at radius 1 is 0.972 bits per heavy atom. The van der Waals surface area contributed by atoms with Crippen LogP contribution >= 0.6 is 0 Å². The summed E-state index contributed by atoms with van der Waals surface area (Å²) in [6, 6.07) is 19.0. The number of hydrogen-bond acceptors (Lipinski definition) is 6. The Morgan fingerprint density at radius 3 is 2.69 bits per heavy atom. The summed E-state index contributed by atoms with van der Waals surface area (Å²) in [6.07, 6.45) is 6.84. The van der Waals surface area contributed by atoms with Gasteiger partial charge in [-0.05, 0) is 55.1 Å². The van der Waals surface area contributed by atoms with Crippen LogP contribution in [0.25, 0.3) is 27.5 Å². The minimum absolute atomic E-state index is 0.499. The van der Waals surface area contributed by atoms with Gasteiger partial charge < -0.3 is 10.5 Å². The molecule has 2 N–H and O–H groups in total. The fourth-order valence-electron chi connectivity index (χ4n) is 5.09. The van der Waals surface area contributed by atoms with Crippen molar-refractivity contribution in [1.82, 2.24) is 29.3 Å². The second-order valence-corrected chi connectivity index (χ2v) is 9.45.